The first-order valence-electron chi connectivity index (χ1n) is 12.1. The molecule has 0 radical (unpaired) electrons. The largest absolute Gasteiger partial charge is 0.392 e. The first kappa shape index (κ1) is 24.7. The Labute approximate surface area is 194 Å². The number of aliphatic hydroxyl groups is 1. The number of hydrogen-bond donors (Lipinski definition) is 1. The number of carbonyl (C=O) groups is 1. The smallest absolute Gasteiger partial charge is 0.248 e. The fourth-order valence-electron chi connectivity index (χ4n) is 5.00. The third-order valence-electron chi connectivity index (χ3n) is 7.16. The molecule has 0 heterocycles. The summed E-state index contributed by atoms with van der Waals surface area (Å²) in [5, 5.41) is 10.6. The van der Waals surface area contributed by atoms with Gasteiger partial charge in [0.25, 0.3) is 0 Å². The van der Waals surface area contributed by atoms with Crippen LogP contribution in [0.2, 0.25) is 0 Å². The predicted molar refractivity (Wildman–Crippen MR) is 130 cm³/mol. The highest BCUT2D eigenvalue weighted by atomic mass is 16.5. The Kier molecular flexibility index (Phi) is 8.35. The van der Waals surface area contributed by atoms with Crippen LogP contribution in [-0.2, 0) is 16.0 Å². The number of likely N-dealkylation sites (N-methyl/N-ethyl adjacent to an activating group) is 1. The van der Waals surface area contributed by atoms with E-state index in [1.807, 2.05) is 27.8 Å². The summed E-state index contributed by atoms with van der Waals surface area (Å²) in [4.78, 5) is 13.9. The van der Waals surface area contributed by atoms with Gasteiger partial charge in [-0.25, -0.2) is 0 Å². The maximum atomic E-state index is 12.2. The van der Waals surface area contributed by atoms with E-state index in [9.17, 15) is 9.90 Å². The average Bonchev–Trinajstić information content (AvgIpc) is 3.24. The summed E-state index contributed by atoms with van der Waals surface area (Å²) in [5.74, 6) is 1.24. The number of rotatable bonds is 9. The number of nitrogens with zero attached hydrogens (tertiary/aromatic N) is 1. The molecule has 32 heavy (non-hydrogen) atoms. The summed E-state index contributed by atoms with van der Waals surface area (Å²) in [5.41, 5.74) is 3.91. The van der Waals surface area contributed by atoms with Crippen molar-refractivity contribution in [3.8, 4) is 0 Å². The molecule has 1 amide bonds. The van der Waals surface area contributed by atoms with E-state index in [0.29, 0.717) is 18.4 Å². The standard InChI is InChI=1S/C28H41NO3/c1-20-9-8-11-21(15-20)10-6-7-12-24-25-17-22(16-23(25)18-26(24)30)13-14-32-19-27(31)29(5)28(2,3)4/h7-9,11-12,15-16,23-26,30H,6,10,13-14,17-19H2,1-5H3/b12-7+/t23-,24+,25-,26+/m0/s1. The highest BCUT2D eigenvalue weighted by Gasteiger charge is 2.43. The zero-order valence-corrected chi connectivity index (χ0v) is 20.5. The number of ether oxygens (including phenoxy) is 1. The Morgan fingerprint density at radius 1 is 1.28 bits per heavy atom. The molecule has 1 fully saturated rings. The molecule has 1 aromatic rings. The molecule has 1 aromatic carbocycles. The van der Waals surface area contributed by atoms with Crippen LogP contribution in [0.25, 0.3) is 0 Å². The van der Waals surface area contributed by atoms with Crippen molar-refractivity contribution in [2.24, 2.45) is 17.8 Å². The van der Waals surface area contributed by atoms with Crippen molar-refractivity contribution in [2.45, 2.75) is 71.4 Å². The topological polar surface area (TPSA) is 49.8 Å². The van der Waals surface area contributed by atoms with Crippen LogP contribution in [0.3, 0.4) is 0 Å². The van der Waals surface area contributed by atoms with Gasteiger partial charge in [0.2, 0.25) is 5.91 Å². The summed E-state index contributed by atoms with van der Waals surface area (Å²) in [6, 6.07) is 8.68. The van der Waals surface area contributed by atoms with Gasteiger partial charge in [-0.05, 0) is 77.2 Å². The van der Waals surface area contributed by atoms with E-state index < -0.39 is 0 Å². The molecule has 0 bridgehead atoms. The number of carbonyl (C=O) groups excluding carboxylic acids is 1. The number of fused-ring (bicyclic) bond motifs is 1. The third-order valence-corrected chi connectivity index (χ3v) is 7.16. The first-order valence-corrected chi connectivity index (χ1v) is 12.1. The van der Waals surface area contributed by atoms with Crippen molar-refractivity contribution < 1.29 is 14.6 Å². The molecule has 4 atom stereocenters. The highest BCUT2D eigenvalue weighted by Crippen LogP contribution is 2.47. The van der Waals surface area contributed by atoms with Gasteiger partial charge >= 0.3 is 0 Å². The Morgan fingerprint density at radius 2 is 2.06 bits per heavy atom. The van der Waals surface area contributed by atoms with Gasteiger partial charge in [0, 0.05) is 18.5 Å². The van der Waals surface area contributed by atoms with Gasteiger partial charge in [0.15, 0.2) is 0 Å². The van der Waals surface area contributed by atoms with E-state index in [1.165, 1.54) is 16.7 Å². The van der Waals surface area contributed by atoms with Gasteiger partial charge in [-0.15, -0.1) is 0 Å². The Balaban J connectivity index is 1.41. The summed E-state index contributed by atoms with van der Waals surface area (Å²) in [7, 11) is 1.83. The first-order chi connectivity index (χ1) is 15.1. The van der Waals surface area contributed by atoms with Crippen LogP contribution in [0.5, 0.6) is 0 Å². The molecule has 4 heteroatoms. The molecule has 1 saturated carbocycles. The van der Waals surface area contributed by atoms with E-state index in [0.717, 1.165) is 32.1 Å². The fraction of sp³-hybridized carbons (Fsp3) is 0.607. The predicted octanol–water partition coefficient (Wildman–Crippen LogP) is 5.09. The maximum absolute atomic E-state index is 12.2. The van der Waals surface area contributed by atoms with E-state index in [-0.39, 0.29) is 30.1 Å². The van der Waals surface area contributed by atoms with Crippen molar-refractivity contribution in [3.05, 3.63) is 59.2 Å². The van der Waals surface area contributed by atoms with Gasteiger partial charge in [-0.3, -0.25) is 4.79 Å². The van der Waals surface area contributed by atoms with Gasteiger partial charge in [-0.2, -0.15) is 0 Å². The Morgan fingerprint density at radius 3 is 2.78 bits per heavy atom. The van der Waals surface area contributed by atoms with Crippen molar-refractivity contribution >= 4 is 5.91 Å². The summed E-state index contributed by atoms with van der Waals surface area (Å²) >= 11 is 0. The van der Waals surface area contributed by atoms with Crippen molar-refractivity contribution in [2.75, 3.05) is 20.3 Å². The van der Waals surface area contributed by atoms with E-state index in [1.54, 1.807) is 4.90 Å². The van der Waals surface area contributed by atoms with Crippen molar-refractivity contribution in [1.29, 1.82) is 0 Å². The van der Waals surface area contributed by atoms with Crippen LogP contribution in [0.1, 0.15) is 57.6 Å². The van der Waals surface area contributed by atoms with Crippen LogP contribution in [0.4, 0.5) is 0 Å². The molecular weight excluding hydrogens is 398 g/mol. The lowest BCUT2D eigenvalue weighted by Gasteiger charge is -2.31. The van der Waals surface area contributed by atoms with Gasteiger partial charge in [0.1, 0.15) is 6.61 Å². The second-order valence-electron chi connectivity index (χ2n) is 10.6. The van der Waals surface area contributed by atoms with Crippen molar-refractivity contribution in [1.82, 2.24) is 4.90 Å². The highest BCUT2D eigenvalue weighted by molar-refractivity contribution is 5.77. The normalized spacial score (nSPS) is 25.2. The van der Waals surface area contributed by atoms with Crippen LogP contribution in [0, 0.1) is 24.7 Å². The zero-order chi connectivity index (χ0) is 23.3. The minimum absolute atomic E-state index is 0.0220. The van der Waals surface area contributed by atoms with E-state index >= 15 is 0 Å². The quantitative estimate of drug-likeness (QED) is 0.431. The van der Waals surface area contributed by atoms with Crippen LogP contribution in [-0.4, -0.2) is 47.8 Å². The number of allylic oxidation sites excluding steroid dienone is 2. The molecule has 0 aliphatic heterocycles. The Hall–Kier alpha value is -1.91. The van der Waals surface area contributed by atoms with E-state index in [2.05, 4.69) is 49.4 Å². The van der Waals surface area contributed by atoms with Gasteiger partial charge in [0.05, 0.1) is 12.7 Å². The van der Waals surface area contributed by atoms with Crippen LogP contribution >= 0.6 is 0 Å². The number of amides is 1. The molecule has 0 aromatic heterocycles. The molecule has 0 saturated heterocycles. The molecule has 2 aliphatic rings. The molecule has 2 aliphatic carbocycles. The van der Waals surface area contributed by atoms with Gasteiger partial charge < -0.3 is 14.7 Å². The molecular formula is C28H41NO3. The van der Waals surface area contributed by atoms with Crippen LogP contribution in [0.15, 0.2) is 48.1 Å². The van der Waals surface area contributed by atoms with Crippen LogP contribution < -0.4 is 0 Å². The number of aryl methyl sites for hydroxylation is 2. The SMILES string of the molecule is Cc1cccc(CC/C=C/[C@@H]2[C@H]3CC(CCOCC(=O)N(C)C(C)(C)C)=C[C@H]3C[C@H]2O)c1. The summed E-state index contributed by atoms with van der Waals surface area (Å²) in [6.07, 6.45) is 11.5. The van der Waals surface area contributed by atoms with Crippen molar-refractivity contribution in [3.63, 3.8) is 0 Å². The molecule has 4 nitrogen and oxygen atoms in total. The average molecular weight is 440 g/mol. The monoisotopic (exact) mass is 439 g/mol. The zero-order valence-electron chi connectivity index (χ0n) is 20.5. The summed E-state index contributed by atoms with van der Waals surface area (Å²) in [6.45, 7) is 8.92. The number of benzene rings is 1. The third kappa shape index (κ3) is 6.55. The summed E-state index contributed by atoms with van der Waals surface area (Å²) < 4.78 is 5.68. The lowest BCUT2D eigenvalue weighted by molar-refractivity contribution is -0.139. The molecule has 0 spiro atoms. The fourth-order valence-corrected chi connectivity index (χ4v) is 5.00. The maximum Gasteiger partial charge on any atom is 0.248 e. The minimum atomic E-state index is -0.236. The molecule has 176 valence electrons. The second-order valence-corrected chi connectivity index (χ2v) is 10.6. The number of aliphatic hydroxyl groups excluding tert-OH is 1. The Bertz CT molecular complexity index is 835. The molecule has 3 rings (SSSR count). The second kappa shape index (κ2) is 10.8. The number of hydrogen-bond acceptors (Lipinski definition) is 3. The minimum Gasteiger partial charge on any atom is -0.392 e. The lowest BCUT2D eigenvalue weighted by atomic mass is 9.89. The lowest BCUT2D eigenvalue weighted by Crippen LogP contribution is -2.44. The van der Waals surface area contributed by atoms with E-state index in [4.69, 9.17) is 4.74 Å². The molecule has 0 unspecified atom stereocenters. The van der Waals surface area contributed by atoms with Gasteiger partial charge in [-0.1, -0.05) is 53.6 Å². The molecule has 1 N–H and O–H groups in total.